The Hall–Kier alpha value is -0.483. The lowest BCUT2D eigenvalue weighted by atomic mass is 10.5. The predicted octanol–water partition coefficient (Wildman–Crippen LogP) is 1.12. The van der Waals surface area contributed by atoms with Gasteiger partial charge in [-0.05, 0) is 26.3 Å². The summed E-state index contributed by atoms with van der Waals surface area (Å²) in [7, 11) is -0.145. The lowest BCUT2D eigenvalue weighted by Gasteiger charge is -2.16. The molecule has 0 aliphatic rings. The van der Waals surface area contributed by atoms with Gasteiger partial charge in [-0.2, -0.15) is 0 Å². The van der Waals surface area contributed by atoms with Crippen LogP contribution in [0, 0.1) is 0 Å². The largest absolute Gasteiger partial charge is 0.353 e. The van der Waals surface area contributed by atoms with Crippen LogP contribution < -0.4 is 0 Å². The van der Waals surface area contributed by atoms with Crippen LogP contribution in [0.2, 0.25) is 12.1 Å². The molecule has 0 aromatic carbocycles. The molecule has 0 aromatic rings. The highest BCUT2D eigenvalue weighted by Gasteiger charge is 2.06. The summed E-state index contributed by atoms with van der Waals surface area (Å²) < 4.78 is 10.9. The summed E-state index contributed by atoms with van der Waals surface area (Å²) in [6.07, 6.45) is 2.53. The maximum absolute atomic E-state index is 9.80. The third kappa shape index (κ3) is 9.81. The molecule has 0 spiro atoms. The van der Waals surface area contributed by atoms with E-state index in [1.165, 1.54) is 6.04 Å². The first-order valence-electron chi connectivity index (χ1n) is 5.62. The standard InChI is InChI=1S/C10H21NO3Si/c1-3-13-10(14-4-2)8-15-7-5-6-11-9-12/h10H,3-8,15H2,1-2H3. The van der Waals surface area contributed by atoms with Gasteiger partial charge >= 0.3 is 0 Å². The van der Waals surface area contributed by atoms with E-state index < -0.39 is 0 Å². The van der Waals surface area contributed by atoms with E-state index >= 15 is 0 Å². The SMILES string of the molecule is CCOC(C[SiH2]CCCN=C=O)OCC. The number of isocyanates is 1. The van der Waals surface area contributed by atoms with Crippen LogP contribution in [-0.4, -0.2) is 41.6 Å². The van der Waals surface area contributed by atoms with Crippen LogP contribution >= 0.6 is 0 Å². The molecular formula is C10H21NO3Si. The molecule has 0 unspecified atom stereocenters. The van der Waals surface area contributed by atoms with E-state index in [-0.39, 0.29) is 15.8 Å². The van der Waals surface area contributed by atoms with E-state index in [1.807, 2.05) is 13.8 Å². The van der Waals surface area contributed by atoms with Crippen LogP contribution in [0.15, 0.2) is 4.99 Å². The van der Waals surface area contributed by atoms with Crippen molar-refractivity contribution in [2.24, 2.45) is 4.99 Å². The van der Waals surface area contributed by atoms with E-state index in [9.17, 15) is 4.79 Å². The van der Waals surface area contributed by atoms with Gasteiger partial charge in [-0.25, -0.2) is 9.79 Å². The molecule has 0 rings (SSSR count). The van der Waals surface area contributed by atoms with Crippen molar-refractivity contribution in [3.63, 3.8) is 0 Å². The summed E-state index contributed by atoms with van der Waals surface area (Å²) in [5.74, 6) is 0. The summed E-state index contributed by atoms with van der Waals surface area (Å²) in [4.78, 5) is 13.3. The Labute approximate surface area is 93.9 Å². The minimum atomic E-state index is -0.145. The third-order valence-electron chi connectivity index (χ3n) is 1.98. The van der Waals surface area contributed by atoms with Gasteiger partial charge in [-0.15, -0.1) is 0 Å². The fraction of sp³-hybridized carbons (Fsp3) is 0.900. The average Bonchev–Trinajstić information content (AvgIpc) is 2.24. The quantitative estimate of drug-likeness (QED) is 0.186. The molecule has 0 N–H and O–H groups in total. The Kier molecular flexibility index (Phi) is 11.2. The number of rotatable bonds is 10. The number of hydrogen-bond donors (Lipinski definition) is 0. The lowest BCUT2D eigenvalue weighted by Crippen LogP contribution is -2.19. The predicted molar refractivity (Wildman–Crippen MR) is 62.8 cm³/mol. The van der Waals surface area contributed by atoms with Gasteiger partial charge in [0.05, 0.1) is 6.54 Å². The van der Waals surface area contributed by atoms with Crippen LogP contribution in [0.3, 0.4) is 0 Å². The van der Waals surface area contributed by atoms with Crippen LogP contribution in [0.25, 0.3) is 0 Å². The second-order valence-corrected chi connectivity index (χ2v) is 5.15. The molecular weight excluding hydrogens is 210 g/mol. The van der Waals surface area contributed by atoms with Crippen LogP contribution in [0.1, 0.15) is 20.3 Å². The number of ether oxygens (including phenoxy) is 2. The molecule has 0 aliphatic heterocycles. The molecule has 0 aromatic heterocycles. The molecule has 0 amide bonds. The van der Waals surface area contributed by atoms with Crippen molar-refractivity contribution < 1.29 is 14.3 Å². The zero-order valence-electron chi connectivity index (χ0n) is 9.70. The molecule has 15 heavy (non-hydrogen) atoms. The molecule has 0 aliphatic carbocycles. The van der Waals surface area contributed by atoms with E-state index in [0.29, 0.717) is 19.8 Å². The normalized spacial score (nSPS) is 11.1. The molecule has 0 bridgehead atoms. The summed E-state index contributed by atoms with van der Waals surface area (Å²) in [6, 6.07) is 2.23. The average molecular weight is 231 g/mol. The van der Waals surface area contributed by atoms with Gasteiger partial charge in [0.15, 0.2) is 6.29 Å². The smallest absolute Gasteiger partial charge is 0.234 e. The zero-order valence-corrected chi connectivity index (χ0v) is 11.1. The van der Waals surface area contributed by atoms with Crippen molar-refractivity contribution in [2.75, 3.05) is 19.8 Å². The minimum Gasteiger partial charge on any atom is -0.353 e. The monoisotopic (exact) mass is 231 g/mol. The molecule has 0 fully saturated rings. The first-order valence-corrected chi connectivity index (χ1v) is 7.62. The van der Waals surface area contributed by atoms with Crippen molar-refractivity contribution >= 4 is 15.6 Å². The maximum atomic E-state index is 9.80. The molecule has 88 valence electrons. The van der Waals surface area contributed by atoms with Crippen molar-refractivity contribution in [2.45, 2.75) is 38.6 Å². The summed E-state index contributed by atoms with van der Waals surface area (Å²) in [5.41, 5.74) is 0. The van der Waals surface area contributed by atoms with Gasteiger partial charge in [-0.3, -0.25) is 0 Å². The van der Waals surface area contributed by atoms with Crippen molar-refractivity contribution in [1.82, 2.24) is 0 Å². The Morgan fingerprint density at radius 2 is 2.00 bits per heavy atom. The fourth-order valence-corrected chi connectivity index (χ4v) is 2.84. The van der Waals surface area contributed by atoms with Crippen molar-refractivity contribution in [3.8, 4) is 0 Å². The Morgan fingerprint density at radius 1 is 1.33 bits per heavy atom. The highest BCUT2D eigenvalue weighted by Crippen LogP contribution is 2.03. The second kappa shape index (κ2) is 11.6. The molecule has 0 saturated carbocycles. The van der Waals surface area contributed by atoms with Gasteiger partial charge in [0.2, 0.25) is 6.08 Å². The summed E-state index contributed by atoms with van der Waals surface area (Å²) in [5, 5.41) is 0. The number of nitrogens with zero attached hydrogens (tertiary/aromatic N) is 1. The molecule has 0 radical (unpaired) electrons. The van der Waals surface area contributed by atoms with E-state index in [2.05, 4.69) is 4.99 Å². The molecule has 5 heteroatoms. The van der Waals surface area contributed by atoms with Gasteiger partial charge in [0, 0.05) is 22.7 Å². The number of aliphatic imine (C=N–C) groups is 1. The topological polar surface area (TPSA) is 47.9 Å². The summed E-state index contributed by atoms with van der Waals surface area (Å²) >= 11 is 0. The van der Waals surface area contributed by atoms with E-state index in [0.717, 1.165) is 12.5 Å². The molecule has 0 heterocycles. The zero-order chi connectivity index (χ0) is 11.4. The van der Waals surface area contributed by atoms with Crippen molar-refractivity contribution in [3.05, 3.63) is 0 Å². The highest BCUT2D eigenvalue weighted by atomic mass is 28.2. The molecule has 0 saturated heterocycles. The van der Waals surface area contributed by atoms with Gasteiger partial charge in [-0.1, -0.05) is 6.04 Å². The van der Waals surface area contributed by atoms with Crippen LogP contribution in [0.5, 0.6) is 0 Å². The first-order chi connectivity index (χ1) is 7.35. The van der Waals surface area contributed by atoms with Gasteiger partial charge in [0.25, 0.3) is 0 Å². The molecule has 4 nitrogen and oxygen atoms in total. The first kappa shape index (κ1) is 14.5. The Morgan fingerprint density at radius 3 is 2.53 bits per heavy atom. The number of hydrogen-bond acceptors (Lipinski definition) is 4. The van der Waals surface area contributed by atoms with Crippen LogP contribution in [0.4, 0.5) is 0 Å². The maximum Gasteiger partial charge on any atom is 0.234 e. The van der Waals surface area contributed by atoms with Gasteiger partial charge < -0.3 is 9.47 Å². The minimum absolute atomic E-state index is 0.0127. The van der Waals surface area contributed by atoms with E-state index in [4.69, 9.17) is 9.47 Å². The Bertz CT molecular complexity index is 178. The van der Waals surface area contributed by atoms with E-state index in [1.54, 1.807) is 6.08 Å². The highest BCUT2D eigenvalue weighted by molar-refractivity contribution is 6.35. The van der Waals surface area contributed by atoms with Crippen LogP contribution in [-0.2, 0) is 14.3 Å². The lowest BCUT2D eigenvalue weighted by molar-refractivity contribution is -0.123. The third-order valence-corrected chi connectivity index (χ3v) is 3.86. The van der Waals surface area contributed by atoms with Gasteiger partial charge in [0.1, 0.15) is 0 Å². The summed E-state index contributed by atoms with van der Waals surface area (Å²) in [6.45, 7) is 5.98. The Balaban J connectivity index is 3.39. The number of carbonyl (C=O) groups excluding carboxylic acids is 1. The molecule has 0 atom stereocenters. The fourth-order valence-electron chi connectivity index (χ4n) is 1.31. The second-order valence-electron chi connectivity index (χ2n) is 3.16. The van der Waals surface area contributed by atoms with Crippen molar-refractivity contribution in [1.29, 1.82) is 0 Å².